The van der Waals surface area contributed by atoms with E-state index < -0.39 is 0 Å². The molecule has 0 radical (unpaired) electrons. The first-order chi connectivity index (χ1) is 53.4. The lowest BCUT2D eigenvalue weighted by Gasteiger charge is -2.13. The fourth-order valence-corrected chi connectivity index (χ4v) is 13.9. The SMILES string of the molecule is N#Cc1ccc(-c2ccc(-c3ccc(-c4ccc(-c5nc(-c6ccc(-c7ccccc7)cc6)nc(-c6ccc(-c7ccccc7)cc6)n5)cc4)c4ccccc34)cc2)cc1.N#Cc1ccc(-c2ccc(-c3ccc(-c4nc(-c5ccccc5)nc(-c5ccc(-c6ccccc6)cc5)n4)cc3)c3ccccc23)cc1. The summed E-state index contributed by atoms with van der Waals surface area (Å²) in [7, 11) is 0. The highest BCUT2D eigenvalue weighted by Crippen LogP contribution is 2.40. The number of fused-ring (bicyclic) bond motifs is 2. The van der Waals surface area contributed by atoms with Gasteiger partial charge in [-0.05, 0) is 135 Å². The van der Waals surface area contributed by atoms with Gasteiger partial charge in [0, 0.05) is 33.4 Å². The first kappa shape index (κ1) is 66.3. The van der Waals surface area contributed by atoms with Gasteiger partial charge in [0.1, 0.15) is 0 Å². The van der Waals surface area contributed by atoms with Crippen LogP contribution in [-0.2, 0) is 0 Å². The largest absolute Gasteiger partial charge is 0.208 e. The van der Waals surface area contributed by atoms with Gasteiger partial charge in [0.2, 0.25) is 0 Å². The molecule has 2 aromatic heterocycles. The summed E-state index contributed by atoms with van der Waals surface area (Å²) >= 11 is 0. The maximum atomic E-state index is 9.24. The van der Waals surface area contributed by atoms with Gasteiger partial charge in [-0.25, -0.2) is 29.9 Å². The summed E-state index contributed by atoms with van der Waals surface area (Å²) in [6.07, 6.45) is 0. The number of aromatic nitrogens is 6. The number of benzene rings is 16. The Hall–Kier alpha value is -15.0. The van der Waals surface area contributed by atoms with Crippen LogP contribution in [0.1, 0.15) is 11.1 Å². The highest BCUT2D eigenvalue weighted by atomic mass is 15.0. The summed E-state index contributed by atoms with van der Waals surface area (Å²) in [5.74, 6) is 3.75. The number of nitrogens with zero attached hydrogens (tertiary/aromatic N) is 8. The van der Waals surface area contributed by atoms with E-state index in [4.69, 9.17) is 29.9 Å². The Labute approximate surface area is 626 Å². The number of hydrogen-bond donors (Lipinski definition) is 0. The standard InChI is InChI=1S/C56H36N4.C44H28N4/c57-37-38-15-17-41(18-16-38)44-19-25-45(26-20-44)50-35-36-51(53-14-8-7-13-52(50)53)46-27-33-49(34-28-46)56-59-54(47-29-21-42(22-30-47)39-9-3-1-4-10-39)58-55(60-56)48-31-23-43(24-32-48)40-11-5-2-6-12-40;45-29-30-15-17-33(18-16-30)38-27-28-39(41-14-8-7-13-40(38)41)34-21-25-37(26-22-34)44-47-42(35-11-5-2-6-12-35)46-43(48-44)36-23-19-32(20-24-36)31-9-3-1-4-10-31/h1-36H;1-28H. The van der Waals surface area contributed by atoms with E-state index >= 15 is 0 Å². The molecule has 0 atom stereocenters. The van der Waals surface area contributed by atoms with Crippen molar-refractivity contribution < 1.29 is 0 Å². The molecule has 0 amide bonds. The predicted molar refractivity (Wildman–Crippen MR) is 440 cm³/mol. The molecule has 108 heavy (non-hydrogen) atoms. The third-order valence-electron chi connectivity index (χ3n) is 19.7. The summed E-state index contributed by atoms with van der Waals surface area (Å²) in [5.41, 5.74) is 25.0. The van der Waals surface area contributed by atoms with Crippen LogP contribution >= 0.6 is 0 Å². The second-order valence-electron chi connectivity index (χ2n) is 26.3. The molecular weight excluding hydrogens is 1310 g/mol. The summed E-state index contributed by atoms with van der Waals surface area (Å²) in [4.78, 5) is 30.0. The van der Waals surface area contributed by atoms with Gasteiger partial charge in [-0.3, -0.25) is 0 Å². The van der Waals surface area contributed by atoms with Crippen LogP contribution in [0.5, 0.6) is 0 Å². The van der Waals surface area contributed by atoms with E-state index in [-0.39, 0.29) is 0 Å². The topological polar surface area (TPSA) is 125 Å². The lowest BCUT2D eigenvalue weighted by Crippen LogP contribution is -2.00. The summed E-state index contributed by atoms with van der Waals surface area (Å²) in [6, 6.07) is 138. The van der Waals surface area contributed by atoms with Crippen molar-refractivity contribution in [2.45, 2.75) is 0 Å². The molecule has 0 fully saturated rings. The van der Waals surface area contributed by atoms with Crippen LogP contribution in [0.15, 0.2) is 388 Å². The fourth-order valence-electron chi connectivity index (χ4n) is 13.9. The van der Waals surface area contributed by atoms with Gasteiger partial charge in [-0.1, -0.05) is 364 Å². The molecule has 0 unspecified atom stereocenters. The lowest BCUT2D eigenvalue weighted by molar-refractivity contribution is 1.07. The van der Waals surface area contributed by atoms with Crippen LogP contribution in [0.25, 0.3) is 179 Å². The van der Waals surface area contributed by atoms with E-state index in [9.17, 15) is 10.5 Å². The van der Waals surface area contributed by atoms with E-state index in [1.807, 2.05) is 109 Å². The van der Waals surface area contributed by atoms with E-state index in [2.05, 4.69) is 291 Å². The van der Waals surface area contributed by atoms with Crippen LogP contribution in [-0.4, -0.2) is 29.9 Å². The molecule has 0 spiro atoms. The minimum Gasteiger partial charge on any atom is -0.208 e. The molecule has 0 aliphatic heterocycles. The van der Waals surface area contributed by atoms with E-state index in [1.165, 1.54) is 27.3 Å². The molecule has 0 saturated heterocycles. The molecule has 0 bridgehead atoms. The van der Waals surface area contributed by atoms with Crippen LogP contribution in [0.2, 0.25) is 0 Å². The minimum atomic E-state index is 0.616. The first-order valence-electron chi connectivity index (χ1n) is 35.8. The number of hydrogen-bond acceptors (Lipinski definition) is 8. The molecule has 8 nitrogen and oxygen atoms in total. The average Bonchev–Trinajstić information content (AvgIpc) is 0.782. The summed E-state index contributed by atoms with van der Waals surface area (Å²) < 4.78 is 0. The molecular formula is C100H64N8. The Morgan fingerprint density at radius 3 is 0.500 bits per heavy atom. The molecule has 0 N–H and O–H groups in total. The second kappa shape index (κ2) is 30.2. The molecule has 18 aromatic rings. The highest BCUT2D eigenvalue weighted by Gasteiger charge is 2.19. The van der Waals surface area contributed by atoms with Crippen LogP contribution in [0.4, 0.5) is 0 Å². The van der Waals surface area contributed by atoms with Gasteiger partial charge in [0.05, 0.1) is 23.3 Å². The van der Waals surface area contributed by atoms with Gasteiger partial charge in [0.25, 0.3) is 0 Å². The van der Waals surface area contributed by atoms with E-state index in [0.717, 1.165) is 117 Å². The van der Waals surface area contributed by atoms with Crippen LogP contribution in [0.3, 0.4) is 0 Å². The van der Waals surface area contributed by atoms with Gasteiger partial charge in [0.15, 0.2) is 34.9 Å². The van der Waals surface area contributed by atoms with Crippen molar-refractivity contribution in [1.82, 2.24) is 29.9 Å². The van der Waals surface area contributed by atoms with Crippen LogP contribution in [0, 0.1) is 22.7 Å². The molecule has 8 heteroatoms. The summed E-state index contributed by atoms with van der Waals surface area (Å²) in [6.45, 7) is 0. The van der Waals surface area contributed by atoms with E-state index in [0.29, 0.717) is 46.1 Å². The van der Waals surface area contributed by atoms with E-state index in [1.54, 1.807) is 0 Å². The molecule has 18 rings (SSSR count). The zero-order valence-corrected chi connectivity index (χ0v) is 58.5. The molecule has 0 aliphatic rings. The Morgan fingerprint density at radius 2 is 0.287 bits per heavy atom. The maximum Gasteiger partial charge on any atom is 0.164 e. The van der Waals surface area contributed by atoms with Gasteiger partial charge >= 0.3 is 0 Å². The minimum absolute atomic E-state index is 0.616. The van der Waals surface area contributed by atoms with Crippen molar-refractivity contribution in [2.75, 3.05) is 0 Å². The Morgan fingerprint density at radius 1 is 0.139 bits per heavy atom. The second-order valence-corrected chi connectivity index (χ2v) is 26.3. The fraction of sp³-hybridized carbons (Fsp3) is 0. The number of rotatable bonds is 14. The Bertz CT molecular complexity index is 6220. The van der Waals surface area contributed by atoms with Crippen molar-refractivity contribution in [3.8, 4) is 169 Å². The predicted octanol–water partition coefficient (Wildman–Crippen LogP) is 25.1. The third kappa shape index (κ3) is 14.1. The highest BCUT2D eigenvalue weighted by molar-refractivity contribution is 6.06. The molecule has 0 saturated carbocycles. The van der Waals surface area contributed by atoms with Crippen molar-refractivity contribution >= 4 is 21.5 Å². The Kier molecular flexibility index (Phi) is 18.5. The average molecular weight is 1380 g/mol. The molecule has 504 valence electrons. The van der Waals surface area contributed by atoms with Crippen molar-refractivity contribution in [2.24, 2.45) is 0 Å². The van der Waals surface area contributed by atoms with Crippen molar-refractivity contribution in [3.05, 3.63) is 399 Å². The lowest BCUT2D eigenvalue weighted by atomic mass is 9.91. The molecule has 0 aliphatic carbocycles. The van der Waals surface area contributed by atoms with Gasteiger partial charge < -0.3 is 0 Å². The van der Waals surface area contributed by atoms with Gasteiger partial charge in [-0.2, -0.15) is 10.5 Å². The van der Waals surface area contributed by atoms with Crippen molar-refractivity contribution in [3.63, 3.8) is 0 Å². The molecule has 2 heterocycles. The normalized spacial score (nSPS) is 10.9. The van der Waals surface area contributed by atoms with Gasteiger partial charge in [-0.15, -0.1) is 0 Å². The monoisotopic (exact) mass is 1380 g/mol. The molecule has 16 aromatic carbocycles. The Balaban J connectivity index is 0.000000162. The van der Waals surface area contributed by atoms with Crippen LogP contribution < -0.4 is 0 Å². The third-order valence-corrected chi connectivity index (χ3v) is 19.7. The van der Waals surface area contributed by atoms with Crippen molar-refractivity contribution in [1.29, 1.82) is 10.5 Å². The summed E-state index contributed by atoms with van der Waals surface area (Å²) in [5, 5.41) is 23.1. The zero-order valence-electron chi connectivity index (χ0n) is 58.5. The quantitative estimate of drug-likeness (QED) is 0.105. The maximum absolute atomic E-state index is 9.24. The number of nitriles is 2. The smallest absolute Gasteiger partial charge is 0.164 e. The zero-order chi connectivity index (χ0) is 72.5. The first-order valence-corrected chi connectivity index (χ1v) is 35.8.